The van der Waals surface area contributed by atoms with E-state index in [1.165, 1.54) is 11.3 Å². The molecule has 1 amide bonds. The third-order valence-electron chi connectivity index (χ3n) is 1.86. The van der Waals surface area contributed by atoms with Crippen LogP contribution in [-0.4, -0.2) is 25.2 Å². The lowest BCUT2D eigenvalue weighted by Crippen LogP contribution is -2.26. The lowest BCUT2D eigenvalue weighted by atomic mass is 10.4. The molecule has 0 saturated carbocycles. The van der Waals surface area contributed by atoms with E-state index < -0.39 is 0 Å². The predicted octanol–water partition coefficient (Wildman–Crippen LogP) is 1.19. The molecule has 1 saturated heterocycles. The summed E-state index contributed by atoms with van der Waals surface area (Å²) in [4.78, 5) is 13.4. The summed E-state index contributed by atoms with van der Waals surface area (Å²) in [5.41, 5.74) is 0. The smallest absolute Gasteiger partial charge is 0.261 e. The van der Waals surface area contributed by atoms with Gasteiger partial charge in [0, 0.05) is 11.4 Å². The highest BCUT2D eigenvalue weighted by Gasteiger charge is 2.23. The number of epoxide rings is 1. The number of hydrogen-bond acceptors (Lipinski definition) is 3. The Hall–Kier alpha value is -0.870. The predicted molar refractivity (Wildman–Crippen MR) is 51.1 cm³/mol. The molecule has 1 N–H and O–H groups in total. The Labute approximate surface area is 80.7 Å². The van der Waals surface area contributed by atoms with E-state index in [1.54, 1.807) is 0 Å². The average molecular weight is 197 g/mol. The van der Waals surface area contributed by atoms with Crippen LogP contribution in [0.5, 0.6) is 0 Å². The van der Waals surface area contributed by atoms with Crippen LogP contribution in [0.1, 0.15) is 14.5 Å². The van der Waals surface area contributed by atoms with Gasteiger partial charge in [-0.1, -0.05) is 0 Å². The van der Waals surface area contributed by atoms with Crippen molar-refractivity contribution in [1.29, 1.82) is 0 Å². The van der Waals surface area contributed by atoms with E-state index in [0.717, 1.165) is 16.4 Å². The van der Waals surface area contributed by atoms with Crippen LogP contribution in [0.2, 0.25) is 0 Å². The number of nitrogens with one attached hydrogen (secondary N) is 1. The molecule has 70 valence electrons. The fourth-order valence-electron chi connectivity index (χ4n) is 1.04. The van der Waals surface area contributed by atoms with Gasteiger partial charge in [-0.25, -0.2) is 0 Å². The number of ether oxygens (including phenoxy) is 1. The van der Waals surface area contributed by atoms with Crippen LogP contribution in [0.25, 0.3) is 0 Å². The molecule has 1 aliphatic heterocycles. The van der Waals surface area contributed by atoms with Gasteiger partial charge in [0.25, 0.3) is 5.91 Å². The van der Waals surface area contributed by atoms with Gasteiger partial charge in [-0.3, -0.25) is 4.79 Å². The number of thiophene rings is 1. The van der Waals surface area contributed by atoms with Crippen molar-refractivity contribution >= 4 is 17.2 Å². The van der Waals surface area contributed by atoms with Crippen molar-refractivity contribution in [3.8, 4) is 0 Å². The van der Waals surface area contributed by atoms with Crippen molar-refractivity contribution in [3.05, 3.63) is 21.9 Å². The molecule has 2 rings (SSSR count). The Morgan fingerprint density at radius 2 is 2.54 bits per heavy atom. The first kappa shape index (κ1) is 8.72. The number of aryl methyl sites for hydroxylation is 1. The average Bonchev–Trinajstić information content (AvgIpc) is 2.84. The third-order valence-corrected chi connectivity index (χ3v) is 2.86. The first-order valence-corrected chi connectivity index (χ1v) is 5.03. The number of amides is 1. The molecular formula is C9H11NO2S. The van der Waals surface area contributed by atoms with Gasteiger partial charge < -0.3 is 10.1 Å². The van der Waals surface area contributed by atoms with Gasteiger partial charge in [-0.05, 0) is 19.1 Å². The maximum atomic E-state index is 11.4. The summed E-state index contributed by atoms with van der Waals surface area (Å²) in [7, 11) is 0. The molecule has 13 heavy (non-hydrogen) atoms. The summed E-state index contributed by atoms with van der Waals surface area (Å²) in [6.45, 7) is 3.41. The minimum Gasteiger partial charge on any atom is -0.371 e. The topological polar surface area (TPSA) is 41.6 Å². The van der Waals surface area contributed by atoms with Crippen LogP contribution in [0.3, 0.4) is 0 Å². The maximum absolute atomic E-state index is 11.4. The number of carbonyl (C=O) groups excluding carboxylic acids is 1. The van der Waals surface area contributed by atoms with Crippen molar-refractivity contribution in [3.63, 3.8) is 0 Å². The van der Waals surface area contributed by atoms with Gasteiger partial charge in [-0.15, -0.1) is 11.3 Å². The lowest BCUT2D eigenvalue weighted by molar-refractivity contribution is 0.0954. The molecule has 0 aromatic carbocycles. The molecule has 1 aromatic rings. The minimum absolute atomic E-state index is 0.00796. The summed E-state index contributed by atoms with van der Waals surface area (Å²) in [6, 6.07) is 3.80. The van der Waals surface area contributed by atoms with Crippen molar-refractivity contribution in [2.45, 2.75) is 13.0 Å². The molecule has 0 spiro atoms. The molecule has 1 fully saturated rings. The Bertz CT molecular complexity index is 317. The first-order valence-electron chi connectivity index (χ1n) is 4.22. The molecule has 1 atom stereocenters. The van der Waals surface area contributed by atoms with Crippen LogP contribution in [0.4, 0.5) is 0 Å². The summed E-state index contributed by atoms with van der Waals surface area (Å²) in [5, 5.41) is 2.82. The zero-order valence-electron chi connectivity index (χ0n) is 7.37. The molecule has 1 unspecified atom stereocenters. The van der Waals surface area contributed by atoms with Gasteiger partial charge in [-0.2, -0.15) is 0 Å². The Morgan fingerprint density at radius 1 is 1.77 bits per heavy atom. The second-order valence-corrected chi connectivity index (χ2v) is 4.36. The summed E-state index contributed by atoms with van der Waals surface area (Å²) < 4.78 is 4.99. The first-order chi connectivity index (χ1) is 6.25. The van der Waals surface area contributed by atoms with E-state index in [0.29, 0.717) is 6.54 Å². The van der Waals surface area contributed by atoms with Gasteiger partial charge in [0.15, 0.2) is 0 Å². The van der Waals surface area contributed by atoms with E-state index >= 15 is 0 Å². The Morgan fingerprint density at radius 3 is 3.08 bits per heavy atom. The zero-order chi connectivity index (χ0) is 9.26. The van der Waals surface area contributed by atoms with Gasteiger partial charge in [0.2, 0.25) is 0 Å². The number of rotatable bonds is 3. The largest absolute Gasteiger partial charge is 0.371 e. The highest BCUT2D eigenvalue weighted by Crippen LogP contribution is 2.15. The van der Waals surface area contributed by atoms with E-state index in [9.17, 15) is 4.79 Å². The van der Waals surface area contributed by atoms with E-state index in [-0.39, 0.29) is 12.0 Å². The molecular weight excluding hydrogens is 186 g/mol. The van der Waals surface area contributed by atoms with Crippen LogP contribution >= 0.6 is 11.3 Å². The minimum atomic E-state index is 0.00796. The monoisotopic (exact) mass is 197 g/mol. The number of carbonyl (C=O) groups is 1. The van der Waals surface area contributed by atoms with E-state index in [4.69, 9.17) is 4.74 Å². The second kappa shape index (κ2) is 3.47. The van der Waals surface area contributed by atoms with Gasteiger partial charge in [0.1, 0.15) is 0 Å². The number of hydrogen-bond donors (Lipinski definition) is 1. The summed E-state index contributed by atoms with van der Waals surface area (Å²) in [6.07, 6.45) is 0.255. The highest BCUT2D eigenvalue weighted by molar-refractivity contribution is 7.13. The fourth-order valence-corrected chi connectivity index (χ4v) is 1.82. The third kappa shape index (κ3) is 2.29. The zero-order valence-corrected chi connectivity index (χ0v) is 8.19. The lowest BCUT2D eigenvalue weighted by Gasteiger charge is -1.98. The van der Waals surface area contributed by atoms with Crippen LogP contribution in [0.15, 0.2) is 12.1 Å². The van der Waals surface area contributed by atoms with Crippen LogP contribution in [0, 0.1) is 6.92 Å². The second-order valence-electron chi connectivity index (χ2n) is 3.08. The molecule has 3 nitrogen and oxygen atoms in total. The molecule has 0 aliphatic carbocycles. The molecule has 0 bridgehead atoms. The Balaban J connectivity index is 1.88. The SMILES string of the molecule is Cc1ccc(C(=O)NCC2CO2)s1. The normalized spacial score (nSPS) is 19.9. The highest BCUT2D eigenvalue weighted by atomic mass is 32.1. The van der Waals surface area contributed by atoms with Gasteiger partial charge >= 0.3 is 0 Å². The standard InChI is InChI=1S/C9H11NO2S/c1-6-2-3-8(13-6)9(11)10-4-7-5-12-7/h2-3,7H,4-5H2,1H3,(H,10,11). The quantitative estimate of drug-likeness (QED) is 0.739. The molecule has 4 heteroatoms. The maximum Gasteiger partial charge on any atom is 0.261 e. The summed E-state index contributed by atoms with van der Waals surface area (Å²) in [5.74, 6) is 0.00796. The van der Waals surface area contributed by atoms with Crippen LogP contribution in [-0.2, 0) is 4.74 Å². The molecule has 1 aliphatic rings. The Kier molecular flexibility index (Phi) is 2.33. The fraction of sp³-hybridized carbons (Fsp3) is 0.444. The molecule has 1 aromatic heterocycles. The summed E-state index contributed by atoms with van der Waals surface area (Å²) >= 11 is 1.52. The van der Waals surface area contributed by atoms with Gasteiger partial charge in [0.05, 0.1) is 17.6 Å². The van der Waals surface area contributed by atoms with Crippen molar-refractivity contribution in [2.75, 3.05) is 13.2 Å². The van der Waals surface area contributed by atoms with E-state index in [2.05, 4.69) is 5.32 Å². The van der Waals surface area contributed by atoms with Crippen LogP contribution < -0.4 is 5.32 Å². The van der Waals surface area contributed by atoms with Crippen molar-refractivity contribution < 1.29 is 9.53 Å². The van der Waals surface area contributed by atoms with Crippen molar-refractivity contribution in [1.82, 2.24) is 5.32 Å². The molecule has 2 heterocycles. The van der Waals surface area contributed by atoms with E-state index in [1.807, 2.05) is 19.1 Å². The molecule has 0 radical (unpaired) electrons. The van der Waals surface area contributed by atoms with Crippen molar-refractivity contribution in [2.24, 2.45) is 0 Å².